The normalized spacial score (nSPS) is 15.2. The first-order valence-corrected chi connectivity index (χ1v) is 10.6. The number of aromatic nitrogens is 2. The lowest BCUT2D eigenvalue weighted by atomic mass is 10.1. The predicted molar refractivity (Wildman–Crippen MR) is 124 cm³/mol. The van der Waals surface area contributed by atoms with Crippen LogP contribution in [-0.4, -0.2) is 48.3 Å². The Morgan fingerprint density at radius 2 is 1.88 bits per heavy atom. The number of nitrogens with zero attached hydrogens (tertiary/aromatic N) is 4. The first-order valence-electron chi connectivity index (χ1n) is 10.6. The van der Waals surface area contributed by atoms with E-state index in [0.717, 1.165) is 11.3 Å². The van der Waals surface area contributed by atoms with Gasteiger partial charge in [-0.15, -0.1) is 0 Å². The molecule has 0 aliphatic carbocycles. The van der Waals surface area contributed by atoms with Crippen molar-refractivity contribution >= 4 is 29.0 Å². The number of hydrogen-bond acceptors (Lipinski definition) is 5. The summed E-state index contributed by atoms with van der Waals surface area (Å²) in [4.78, 5) is 28.9. The van der Waals surface area contributed by atoms with Gasteiger partial charge in [-0.1, -0.05) is 24.3 Å². The molecular formula is C24H27N5O3. The molecule has 1 atom stereocenters. The van der Waals surface area contributed by atoms with Crippen molar-refractivity contribution in [1.82, 2.24) is 9.78 Å². The predicted octanol–water partition coefficient (Wildman–Crippen LogP) is 3.14. The Balaban J connectivity index is 1.38. The van der Waals surface area contributed by atoms with Crippen molar-refractivity contribution in [2.45, 2.75) is 26.0 Å². The van der Waals surface area contributed by atoms with Crippen molar-refractivity contribution in [3.05, 3.63) is 66.4 Å². The van der Waals surface area contributed by atoms with Crippen molar-refractivity contribution in [2.24, 2.45) is 0 Å². The Morgan fingerprint density at radius 1 is 1.12 bits per heavy atom. The summed E-state index contributed by atoms with van der Waals surface area (Å²) < 4.78 is 7.40. The molecule has 1 aliphatic heterocycles. The maximum atomic E-state index is 12.7. The second-order valence-corrected chi connectivity index (χ2v) is 7.95. The number of para-hydroxylation sites is 2. The lowest BCUT2D eigenvalue weighted by Crippen LogP contribution is -2.45. The van der Waals surface area contributed by atoms with Crippen LogP contribution in [-0.2, 0) is 16.1 Å². The third kappa shape index (κ3) is 4.59. The van der Waals surface area contributed by atoms with E-state index < -0.39 is 6.10 Å². The molecule has 0 radical (unpaired) electrons. The minimum Gasteiger partial charge on any atom is -0.479 e. The van der Waals surface area contributed by atoms with Gasteiger partial charge in [-0.2, -0.15) is 5.10 Å². The first-order chi connectivity index (χ1) is 15.4. The van der Waals surface area contributed by atoms with Gasteiger partial charge in [0.25, 0.3) is 5.91 Å². The zero-order valence-electron chi connectivity index (χ0n) is 18.5. The fourth-order valence-electron chi connectivity index (χ4n) is 3.65. The number of benzene rings is 2. The van der Waals surface area contributed by atoms with Crippen LogP contribution in [0.15, 0.2) is 60.8 Å². The number of carbonyl (C=O) groups is 2. The number of rotatable bonds is 7. The first kappa shape index (κ1) is 21.4. The minimum atomic E-state index is -0.576. The molecule has 2 amide bonds. The summed E-state index contributed by atoms with van der Waals surface area (Å²) >= 11 is 0. The summed E-state index contributed by atoms with van der Waals surface area (Å²) in [6, 6.07) is 17.3. The van der Waals surface area contributed by atoms with E-state index in [9.17, 15) is 9.59 Å². The van der Waals surface area contributed by atoms with Gasteiger partial charge in [0, 0.05) is 38.8 Å². The molecular weight excluding hydrogens is 406 g/mol. The molecule has 1 N–H and O–H groups in total. The largest absolute Gasteiger partial charge is 0.479 e. The van der Waals surface area contributed by atoms with Crippen LogP contribution < -0.4 is 19.9 Å². The Bertz CT molecular complexity index is 1110. The molecule has 1 aromatic heterocycles. The van der Waals surface area contributed by atoms with Gasteiger partial charge < -0.3 is 19.9 Å². The summed E-state index contributed by atoms with van der Waals surface area (Å²) in [6.45, 7) is 2.54. The minimum absolute atomic E-state index is 0.150. The summed E-state index contributed by atoms with van der Waals surface area (Å²) in [5, 5.41) is 7.25. The van der Waals surface area contributed by atoms with Crippen molar-refractivity contribution in [1.29, 1.82) is 0 Å². The summed E-state index contributed by atoms with van der Waals surface area (Å²) in [5.41, 5.74) is 2.89. The number of ether oxygens (including phenoxy) is 1. The number of anilines is 3. The van der Waals surface area contributed by atoms with Gasteiger partial charge in [0.15, 0.2) is 6.10 Å². The number of carbonyl (C=O) groups excluding carboxylic acids is 2. The van der Waals surface area contributed by atoms with Gasteiger partial charge in [0.05, 0.1) is 18.4 Å². The molecule has 4 rings (SSSR count). The standard InChI is InChI=1S/C24H27N5O3/c1-17-24(31)28(20-6-4-5-7-21(20)32-17)15-13-23(30)26-22-12-14-25-29(22)16-18-8-10-19(11-9-18)27(2)3/h4-12,14,17H,13,15-16H2,1-3H3,(H,26,30). The highest BCUT2D eigenvalue weighted by Crippen LogP contribution is 2.33. The van der Waals surface area contributed by atoms with Gasteiger partial charge in [-0.25, -0.2) is 4.68 Å². The van der Waals surface area contributed by atoms with E-state index in [1.807, 2.05) is 55.4 Å². The van der Waals surface area contributed by atoms with Crippen molar-refractivity contribution < 1.29 is 14.3 Å². The molecule has 0 fully saturated rings. The van der Waals surface area contributed by atoms with Crippen LogP contribution in [0.5, 0.6) is 5.75 Å². The number of fused-ring (bicyclic) bond motifs is 1. The fraction of sp³-hybridized carbons (Fsp3) is 0.292. The molecule has 0 saturated carbocycles. The van der Waals surface area contributed by atoms with Gasteiger partial charge >= 0.3 is 0 Å². The van der Waals surface area contributed by atoms with Crippen molar-refractivity contribution in [2.75, 3.05) is 35.8 Å². The molecule has 8 nitrogen and oxygen atoms in total. The third-order valence-electron chi connectivity index (χ3n) is 5.41. The Hall–Kier alpha value is -3.81. The SMILES string of the molecule is CC1Oc2ccccc2N(CCC(=O)Nc2ccnn2Cc2ccc(N(C)C)cc2)C1=O. The molecule has 8 heteroatoms. The van der Waals surface area contributed by atoms with E-state index in [4.69, 9.17) is 4.74 Å². The molecule has 32 heavy (non-hydrogen) atoms. The smallest absolute Gasteiger partial charge is 0.267 e. The van der Waals surface area contributed by atoms with Crippen LogP contribution in [0.3, 0.4) is 0 Å². The van der Waals surface area contributed by atoms with Gasteiger partial charge in [0.2, 0.25) is 5.91 Å². The molecule has 0 spiro atoms. The third-order valence-corrected chi connectivity index (χ3v) is 5.41. The van der Waals surface area contributed by atoms with Gasteiger partial charge in [-0.05, 0) is 36.8 Å². The second-order valence-electron chi connectivity index (χ2n) is 7.95. The summed E-state index contributed by atoms with van der Waals surface area (Å²) in [6.07, 6.45) is 1.25. The van der Waals surface area contributed by atoms with Crippen molar-refractivity contribution in [3.63, 3.8) is 0 Å². The van der Waals surface area contributed by atoms with E-state index in [1.54, 1.807) is 28.8 Å². The highest BCUT2D eigenvalue weighted by atomic mass is 16.5. The molecule has 1 aliphatic rings. The van der Waals surface area contributed by atoms with E-state index >= 15 is 0 Å². The van der Waals surface area contributed by atoms with Crippen LogP contribution in [0, 0.1) is 0 Å². The van der Waals surface area contributed by atoms with Gasteiger partial charge in [0.1, 0.15) is 11.6 Å². The topological polar surface area (TPSA) is 79.7 Å². The van der Waals surface area contributed by atoms with Crippen LogP contribution in [0.4, 0.5) is 17.2 Å². The molecule has 0 saturated heterocycles. The lowest BCUT2D eigenvalue weighted by Gasteiger charge is -2.32. The average Bonchev–Trinajstić information content (AvgIpc) is 3.20. The summed E-state index contributed by atoms with van der Waals surface area (Å²) in [5.74, 6) is 0.939. The molecule has 2 heterocycles. The highest BCUT2D eigenvalue weighted by molar-refractivity contribution is 6.00. The van der Waals surface area contributed by atoms with E-state index in [0.29, 0.717) is 23.8 Å². The Kier molecular flexibility index (Phi) is 6.11. The fourth-order valence-corrected chi connectivity index (χ4v) is 3.65. The van der Waals surface area contributed by atoms with Crippen molar-refractivity contribution in [3.8, 4) is 5.75 Å². The molecule has 0 bridgehead atoms. The van der Waals surface area contributed by atoms with Crippen LogP contribution >= 0.6 is 0 Å². The quantitative estimate of drug-likeness (QED) is 0.619. The number of amides is 2. The average molecular weight is 434 g/mol. The van der Waals surface area contributed by atoms with Crippen LogP contribution in [0.1, 0.15) is 18.9 Å². The zero-order chi connectivity index (χ0) is 22.7. The Labute approximate surface area is 187 Å². The van der Waals surface area contributed by atoms with Gasteiger partial charge in [-0.3, -0.25) is 9.59 Å². The monoisotopic (exact) mass is 433 g/mol. The number of hydrogen-bond donors (Lipinski definition) is 1. The molecule has 2 aromatic carbocycles. The Morgan fingerprint density at radius 3 is 2.62 bits per heavy atom. The number of nitrogens with one attached hydrogen (secondary N) is 1. The maximum absolute atomic E-state index is 12.7. The van der Waals surface area contributed by atoms with Crippen LogP contribution in [0.2, 0.25) is 0 Å². The zero-order valence-corrected chi connectivity index (χ0v) is 18.5. The highest BCUT2D eigenvalue weighted by Gasteiger charge is 2.31. The lowest BCUT2D eigenvalue weighted by molar-refractivity contribution is -0.125. The van der Waals surface area contributed by atoms with E-state index in [-0.39, 0.29) is 24.8 Å². The second kappa shape index (κ2) is 9.13. The van der Waals surface area contributed by atoms with E-state index in [1.165, 1.54) is 0 Å². The molecule has 3 aromatic rings. The maximum Gasteiger partial charge on any atom is 0.267 e. The van der Waals surface area contributed by atoms with E-state index in [2.05, 4.69) is 22.5 Å². The van der Waals surface area contributed by atoms with Crippen LogP contribution in [0.25, 0.3) is 0 Å². The summed E-state index contributed by atoms with van der Waals surface area (Å²) in [7, 11) is 4.00. The molecule has 1 unspecified atom stereocenters. The molecule has 166 valence electrons.